The van der Waals surface area contributed by atoms with Crippen LogP contribution >= 0.6 is 22.7 Å². The highest BCUT2D eigenvalue weighted by Crippen LogP contribution is 2.23. The fourth-order valence-electron chi connectivity index (χ4n) is 2.76. The second-order valence-corrected chi connectivity index (χ2v) is 7.86. The third kappa shape index (κ3) is 4.95. The molecule has 7 nitrogen and oxygen atoms in total. The lowest BCUT2D eigenvalue weighted by Crippen LogP contribution is -2.35. The minimum atomic E-state index is -0.106. The van der Waals surface area contributed by atoms with Gasteiger partial charge >= 0.3 is 0 Å². The van der Waals surface area contributed by atoms with Gasteiger partial charge in [-0.1, -0.05) is 0 Å². The van der Waals surface area contributed by atoms with Crippen molar-refractivity contribution in [3.63, 3.8) is 0 Å². The molecule has 0 bridgehead atoms. The summed E-state index contributed by atoms with van der Waals surface area (Å²) in [5, 5.41) is 8.28. The van der Waals surface area contributed by atoms with Gasteiger partial charge in [-0.15, -0.1) is 22.7 Å². The highest BCUT2D eigenvalue weighted by Gasteiger charge is 2.14. The Morgan fingerprint density at radius 1 is 1.19 bits per heavy atom. The lowest BCUT2D eigenvalue weighted by molar-refractivity contribution is -0.115. The standard InChI is InChI=1S/C18H19N5O2S2/c24-16(8-14-11-26-17(20-14)13-2-1-3-19-9-13)22-18-21-15(12-27-18)10-23-4-6-25-7-5-23/h1-3,9,11-12H,4-8,10H2,(H,21,22,24). The first-order valence-electron chi connectivity index (χ1n) is 8.65. The number of amides is 1. The number of morpholine rings is 1. The van der Waals surface area contributed by atoms with Crippen molar-refractivity contribution >= 4 is 33.7 Å². The molecule has 4 rings (SSSR count). The van der Waals surface area contributed by atoms with Crippen LogP contribution < -0.4 is 5.32 Å². The first-order valence-corrected chi connectivity index (χ1v) is 10.4. The van der Waals surface area contributed by atoms with Crippen LogP contribution in [0.25, 0.3) is 10.6 Å². The normalized spacial score (nSPS) is 15.0. The van der Waals surface area contributed by atoms with Gasteiger partial charge in [-0.2, -0.15) is 0 Å². The van der Waals surface area contributed by atoms with Crippen molar-refractivity contribution in [2.24, 2.45) is 0 Å². The summed E-state index contributed by atoms with van der Waals surface area (Å²) in [6.45, 7) is 4.16. The Morgan fingerprint density at radius 3 is 2.85 bits per heavy atom. The van der Waals surface area contributed by atoms with Crippen molar-refractivity contribution in [3.8, 4) is 10.6 Å². The maximum Gasteiger partial charge on any atom is 0.232 e. The number of hydrogen-bond acceptors (Lipinski definition) is 8. The van der Waals surface area contributed by atoms with Gasteiger partial charge in [0.1, 0.15) is 5.01 Å². The molecule has 0 radical (unpaired) electrons. The Morgan fingerprint density at radius 2 is 2.04 bits per heavy atom. The summed E-state index contributed by atoms with van der Waals surface area (Å²) >= 11 is 2.97. The van der Waals surface area contributed by atoms with Gasteiger partial charge in [0.2, 0.25) is 5.91 Å². The zero-order valence-electron chi connectivity index (χ0n) is 14.6. The molecule has 140 valence electrons. The highest BCUT2D eigenvalue weighted by molar-refractivity contribution is 7.14. The van der Waals surface area contributed by atoms with Gasteiger partial charge in [0.15, 0.2) is 5.13 Å². The number of anilines is 1. The predicted molar refractivity (Wildman–Crippen MR) is 106 cm³/mol. The van der Waals surface area contributed by atoms with Gasteiger partial charge in [0, 0.05) is 48.4 Å². The van der Waals surface area contributed by atoms with Crippen molar-refractivity contribution < 1.29 is 9.53 Å². The molecule has 1 aliphatic rings. The van der Waals surface area contributed by atoms with Gasteiger partial charge in [0.05, 0.1) is 31.0 Å². The van der Waals surface area contributed by atoms with Crippen LogP contribution in [0, 0.1) is 0 Å². The van der Waals surface area contributed by atoms with Crippen molar-refractivity contribution in [1.82, 2.24) is 19.9 Å². The molecule has 1 fully saturated rings. The van der Waals surface area contributed by atoms with Crippen LogP contribution in [0.15, 0.2) is 35.3 Å². The molecular formula is C18H19N5O2S2. The molecule has 0 saturated carbocycles. The van der Waals surface area contributed by atoms with E-state index in [1.54, 1.807) is 12.4 Å². The average Bonchev–Trinajstić information content (AvgIpc) is 3.33. The molecule has 1 saturated heterocycles. The van der Waals surface area contributed by atoms with E-state index in [2.05, 4.69) is 25.2 Å². The van der Waals surface area contributed by atoms with Crippen LogP contribution in [0.1, 0.15) is 11.4 Å². The molecule has 1 aliphatic heterocycles. The third-order valence-corrected chi connectivity index (χ3v) is 5.84. The molecule has 3 aromatic heterocycles. The lowest BCUT2D eigenvalue weighted by atomic mass is 10.3. The van der Waals surface area contributed by atoms with Gasteiger partial charge in [0.25, 0.3) is 0 Å². The van der Waals surface area contributed by atoms with Crippen LogP contribution in [-0.2, 0) is 22.5 Å². The summed E-state index contributed by atoms with van der Waals surface area (Å²) in [5.41, 5.74) is 2.69. The van der Waals surface area contributed by atoms with Crippen molar-refractivity contribution in [2.75, 3.05) is 31.6 Å². The van der Waals surface area contributed by atoms with E-state index < -0.39 is 0 Å². The van der Waals surface area contributed by atoms with Gasteiger partial charge in [-0.25, -0.2) is 9.97 Å². The van der Waals surface area contributed by atoms with Gasteiger partial charge < -0.3 is 10.1 Å². The first kappa shape index (κ1) is 18.2. The summed E-state index contributed by atoms with van der Waals surface area (Å²) in [6, 6.07) is 3.83. The number of rotatable bonds is 6. The van der Waals surface area contributed by atoms with Gasteiger partial charge in [-0.05, 0) is 12.1 Å². The Balaban J connectivity index is 1.31. The number of carbonyl (C=O) groups excluding carboxylic acids is 1. The van der Waals surface area contributed by atoms with E-state index in [0.717, 1.165) is 54.8 Å². The molecule has 9 heteroatoms. The van der Waals surface area contributed by atoms with Crippen molar-refractivity contribution in [1.29, 1.82) is 0 Å². The topological polar surface area (TPSA) is 80.2 Å². The molecule has 0 atom stereocenters. The number of nitrogens with zero attached hydrogens (tertiary/aromatic N) is 4. The van der Waals surface area contributed by atoms with E-state index in [-0.39, 0.29) is 12.3 Å². The van der Waals surface area contributed by atoms with Crippen LogP contribution in [0.4, 0.5) is 5.13 Å². The van der Waals surface area contributed by atoms with E-state index in [1.807, 2.05) is 22.9 Å². The fraction of sp³-hybridized carbons (Fsp3) is 0.333. The Bertz CT molecular complexity index is 890. The van der Waals surface area contributed by atoms with E-state index >= 15 is 0 Å². The largest absolute Gasteiger partial charge is 0.379 e. The SMILES string of the molecule is O=C(Cc1csc(-c2cccnc2)n1)Nc1nc(CN2CCOCC2)cs1. The second-order valence-electron chi connectivity index (χ2n) is 6.14. The number of carbonyl (C=O) groups is 1. The summed E-state index contributed by atoms with van der Waals surface area (Å²) in [5.74, 6) is -0.106. The summed E-state index contributed by atoms with van der Waals surface area (Å²) in [6.07, 6.45) is 3.73. The molecule has 27 heavy (non-hydrogen) atoms. The number of pyridine rings is 1. The van der Waals surface area contributed by atoms with E-state index in [1.165, 1.54) is 22.7 Å². The van der Waals surface area contributed by atoms with Crippen molar-refractivity contribution in [3.05, 3.63) is 46.7 Å². The van der Waals surface area contributed by atoms with Crippen LogP contribution in [-0.4, -0.2) is 52.1 Å². The Kier molecular flexibility index (Phi) is 5.83. The summed E-state index contributed by atoms with van der Waals surface area (Å²) < 4.78 is 5.36. The quantitative estimate of drug-likeness (QED) is 0.684. The number of aromatic nitrogens is 3. The Hall–Kier alpha value is -2.20. The highest BCUT2D eigenvalue weighted by atomic mass is 32.1. The number of ether oxygens (including phenoxy) is 1. The molecular weight excluding hydrogens is 382 g/mol. The molecule has 0 aliphatic carbocycles. The number of thiazole rings is 2. The smallest absolute Gasteiger partial charge is 0.232 e. The van der Waals surface area contributed by atoms with Gasteiger partial charge in [-0.3, -0.25) is 14.7 Å². The minimum absolute atomic E-state index is 0.106. The van der Waals surface area contributed by atoms with E-state index in [4.69, 9.17) is 4.74 Å². The maximum atomic E-state index is 12.3. The maximum absolute atomic E-state index is 12.3. The second kappa shape index (κ2) is 8.66. The number of hydrogen-bond donors (Lipinski definition) is 1. The molecule has 3 aromatic rings. The minimum Gasteiger partial charge on any atom is -0.379 e. The molecule has 1 amide bonds. The average molecular weight is 402 g/mol. The summed E-state index contributed by atoms with van der Waals surface area (Å²) in [4.78, 5) is 27.8. The van der Waals surface area contributed by atoms with Crippen LogP contribution in [0.3, 0.4) is 0 Å². The van der Waals surface area contributed by atoms with Crippen molar-refractivity contribution in [2.45, 2.75) is 13.0 Å². The predicted octanol–water partition coefficient (Wildman–Crippen LogP) is 2.68. The fourth-order valence-corrected chi connectivity index (χ4v) is 4.29. The number of nitrogens with one attached hydrogen (secondary N) is 1. The molecule has 0 aromatic carbocycles. The molecule has 1 N–H and O–H groups in total. The van der Waals surface area contributed by atoms with E-state index in [0.29, 0.717) is 5.13 Å². The molecule has 0 spiro atoms. The third-order valence-electron chi connectivity index (χ3n) is 4.09. The summed E-state index contributed by atoms with van der Waals surface area (Å²) in [7, 11) is 0. The molecule has 4 heterocycles. The van der Waals surface area contributed by atoms with Crippen LogP contribution in [0.2, 0.25) is 0 Å². The van der Waals surface area contributed by atoms with E-state index in [9.17, 15) is 4.79 Å². The van der Waals surface area contributed by atoms with Crippen LogP contribution in [0.5, 0.6) is 0 Å². The Labute approximate surface area is 165 Å². The zero-order chi connectivity index (χ0) is 18.5. The first-order chi connectivity index (χ1) is 13.3. The monoisotopic (exact) mass is 401 g/mol. The zero-order valence-corrected chi connectivity index (χ0v) is 16.3. The lowest BCUT2D eigenvalue weighted by Gasteiger charge is -2.25. The molecule has 0 unspecified atom stereocenters.